The van der Waals surface area contributed by atoms with Gasteiger partial charge in [-0.05, 0) is 57.5 Å². The first-order valence-corrected chi connectivity index (χ1v) is 9.07. The molecule has 5 nitrogen and oxygen atoms in total. The molecule has 0 saturated heterocycles. The number of carbonyl (C=O) groups is 1. The number of hydrogen-bond acceptors (Lipinski definition) is 3. The highest BCUT2D eigenvalue weighted by Crippen LogP contribution is 2.18. The minimum Gasteiger partial charge on any atom is -0.481 e. The molecule has 0 aliphatic rings. The molecular weight excluding hydrogens is 338 g/mol. The first kappa shape index (κ1) is 18.7. The molecule has 0 spiro atoms. The molecule has 3 rings (SSSR count). The third-order valence-electron chi connectivity index (χ3n) is 4.55. The topological polar surface area (TPSA) is 56.1 Å². The summed E-state index contributed by atoms with van der Waals surface area (Å²) >= 11 is 0. The lowest BCUT2D eigenvalue weighted by atomic mass is 10.2. The molecule has 5 heteroatoms. The van der Waals surface area contributed by atoms with Gasteiger partial charge < -0.3 is 10.1 Å². The molecule has 2 aromatic carbocycles. The molecule has 0 bridgehead atoms. The van der Waals surface area contributed by atoms with Gasteiger partial charge in [-0.3, -0.25) is 4.79 Å². The minimum absolute atomic E-state index is 0.150. The molecular formula is C22H25N3O2. The SMILES string of the molecule is Cc1cccc(OC(C)C(=O)NCc2c(C)nn(-c3ccccc3)c2C)c1. The van der Waals surface area contributed by atoms with E-state index in [1.807, 2.05) is 80.1 Å². The van der Waals surface area contributed by atoms with Crippen LogP contribution in [0.4, 0.5) is 0 Å². The van der Waals surface area contributed by atoms with E-state index in [2.05, 4.69) is 10.4 Å². The first-order valence-electron chi connectivity index (χ1n) is 9.07. The molecule has 0 fully saturated rings. The van der Waals surface area contributed by atoms with Gasteiger partial charge >= 0.3 is 0 Å². The summed E-state index contributed by atoms with van der Waals surface area (Å²) < 4.78 is 7.65. The number of aryl methyl sites for hydroxylation is 2. The first-order chi connectivity index (χ1) is 13.0. The van der Waals surface area contributed by atoms with E-state index in [0.717, 1.165) is 28.2 Å². The predicted octanol–water partition coefficient (Wildman–Crippen LogP) is 3.88. The van der Waals surface area contributed by atoms with Crippen LogP contribution in [0.2, 0.25) is 0 Å². The summed E-state index contributed by atoms with van der Waals surface area (Å²) in [6, 6.07) is 17.7. The van der Waals surface area contributed by atoms with E-state index in [-0.39, 0.29) is 5.91 Å². The maximum atomic E-state index is 12.4. The zero-order valence-corrected chi connectivity index (χ0v) is 16.2. The van der Waals surface area contributed by atoms with Crippen molar-refractivity contribution in [3.05, 3.63) is 77.1 Å². The van der Waals surface area contributed by atoms with Gasteiger partial charge in [0, 0.05) is 17.8 Å². The molecule has 0 saturated carbocycles. The molecule has 1 unspecified atom stereocenters. The predicted molar refractivity (Wildman–Crippen MR) is 106 cm³/mol. The van der Waals surface area contributed by atoms with Crippen molar-refractivity contribution in [3.63, 3.8) is 0 Å². The highest BCUT2D eigenvalue weighted by Gasteiger charge is 2.17. The third kappa shape index (κ3) is 4.37. The van der Waals surface area contributed by atoms with E-state index in [1.54, 1.807) is 6.92 Å². The van der Waals surface area contributed by atoms with Crippen LogP contribution >= 0.6 is 0 Å². The summed E-state index contributed by atoms with van der Waals surface area (Å²) in [4.78, 5) is 12.4. The van der Waals surface area contributed by atoms with Crippen molar-refractivity contribution in [2.75, 3.05) is 0 Å². The van der Waals surface area contributed by atoms with Gasteiger partial charge in [-0.2, -0.15) is 5.10 Å². The molecule has 27 heavy (non-hydrogen) atoms. The second-order valence-corrected chi connectivity index (χ2v) is 6.69. The molecule has 1 amide bonds. The number of benzene rings is 2. The van der Waals surface area contributed by atoms with E-state index in [4.69, 9.17) is 4.74 Å². The Hall–Kier alpha value is -3.08. The summed E-state index contributed by atoms with van der Waals surface area (Å²) in [6.07, 6.45) is -0.573. The molecule has 1 heterocycles. The Bertz CT molecular complexity index is 932. The number of amides is 1. The molecule has 0 aliphatic carbocycles. The molecule has 1 N–H and O–H groups in total. The highest BCUT2D eigenvalue weighted by atomic mass is 16.5. The zero-order chi connectivity index (χ0) is 19.4. The van der Waals surface area contributed by atoms with Gasteiger partial charge in [-0.1, -0.05) is 30.3 Å². The smallest absolute Gasteiger partial charge is 0.261 e. The number of rotatable bonds is 6. The lowest BCUT2D eigenvalue weighted by Crippen LogP contribution is -2.36. The van der Waals surface area contributed by atoms with E-state index in [1.165, 1.54) is 0 Å². The number of hydrogen-bond donors (Lipinski definition) is 1. The second-order valence-electron chi connectivity index (χ2n) is 6.69. The largest absolute Gasteiger partial charge is 0.481 e. The van der Waals surface area contributed by atoms with Gasteiger partial charge in [0.1, 0.15) is 5.75 Å². The summed E-state index contributed by atoms with van der Waals surface area (Å²) in [5, 5.41) is 7.58. The zero-order valence-electron chi connectivity index (χ0n) is 16.2. The number of para-hydroxylation sites is 1. The van der Waals surface area contributed by atoms with Crippen molar-refractivity contribution in [1.82, 2.24) is 15.1 Å². The van der Waals surface area contributed by atoms with Gasteiger partial charge in [-0.25, -0.2) is 4.68 Å². The standard InChI is InChI=1S/C22H25N3O2/c1-15-9-8-12-20(13-15)27-18(4)22(26)23-14-21-16(2)24-25(17(21)3)19-10-6-5-7-11-19/h5-13,18H,14H2,1-4H3,(H,23,26). The van der Waals surface area contributed by atoms with Gasteiger partial charge in [0.2, 0.25) is 0 Å². The van der Waals surface area contributed by atoms with E-state index >= 15 is 0 Å². The fourth-order valence-corrected chi connectivity index (χ4v) is 3.02. The summed E-state index contributed by atoms with van der Waals surface area (Å²) in [5.41, 5.74) is 5.05. The normalized spacial score (nSPS) is 11.9. The van der Waals surface area contributed by atoms with Gasteiger partial charge in [0.25, 0.3) is 5.91 Å². The summed E-state index contributed by atoms with van der Waals surface area (Å²) in [6.45, 7) is 8.14. The quantitative estimate of drug-likeness (QED) is 0.723. The number of nitrogens with one attached hydrogen (secondary N) is 1. The van der Waals surface area contributed by atoms with Crippen LogP contribution in [0.15, 0.2) is 54.6 Å². The van der Waals surface area contributed by atoms with Crippen molar-refractivity contribution in [3.8, 4) is 11.4 Å². The molecule has 0 aliphatic heterocycles. The molecule has 140 valence electrons. The van der Waals surface area contributed by atoms with Crippen LogP contribution in [0.3, 0.4) is 0 Å². The van der Waals surface area contributed by atoms with E-state index < -0.39 is 6.10 Å². The van der Waals surface area contributed by atoms with Crippen LogP contribution in [0.5, 0.6) is 5.75 Å². The van der Waals surface area contributed by atoms with Crippen molar-refractivity contribution in [1.29, 1.82) is 0 Å². The average molecular weight is 363 g/mol. The molecule has 0 radical (unpaired) electrons. The summed E-state index contributed by atoms with van der Waals surface area (Å²) in [5.74, 6) is 0.546. The molecule has 3 aromatic rings. The number of carbonyl (C=O) groups excluding carboxylic acids is 1. The van der Waals surface area contributed by atoms with Gasteiger partial charge in [0.05, 0.1) is 11.4 Å². The van der Waals surface area contributed by atoms with Crippen LogP contribution in [0.25, 0.3) is 5.69 Å². The summed E-state index contributed by atoms with van der Waals surface area (Å²) in [7, 11) is 0. The fraction of sp³-hybridized carbons (Fsp3) is 0.273. The Morgan fingerprint density at radius 2 is 1.85 bits per heavy atom. The number of nitrogens with zero attached hydrogens (tertiary/aromatic N) is 2. The van der Waals surface area contributed by atoms with Crippen molar-refractivity contribution in [2.24, 2.45) is 0 Å². The van der Waals surface area contributed by atoms with Crippen molar-refractivity contribution < 1.29 is 9.53 Å². The van der Waals surface area contributed by atoms with Crippen LogP contribution in [-0.2, 0) is 11.3 Å². The maximum Gasteiger partial charge on any atom is 0.261 e. The van der Waals surface area contributed by atoms with Crippen LogP contribution in [0.1, 0.15) is 29.4 Å². The third-order valence-corrected chi connectivity index (χ3v) is 4.55. The van der Waals surface area contributed by atoms with Gasteiger partial charge in [-0.15, -0.1) is 0 Å². The maximum absolute atomic E-state index is 12.4. The Labute approximate surface area is 160 Å². The van der Waals surface area contributed by atoms with Crippen molar-refractivity contribution in [2.45, 2.75) is 40.3 Å². The number of ether oxygens (including phenoxy) is 1. The number of aromatic nitrogens is 2. The molecule has 1 atom stereocenters. The Morgan fingerprint density at radius 1 is 1.11 bits per heavy atom. The van der Waals surface area contributed by atoms with Gasteiger partial charge in [0.15, 0.2) is 6.10 Å². The second kappa shape index (κ2) is 8.08. The Morgan fingerprint density at radius 3 is 2.56 bits per heavy atom. The lowest BCUT2D eigenvalue weighted by Gasteiger charge is -2.15. The van der Waals surface area contributed by atoms with Crippen LogP contribution in [0, 0.1) is 20.8 Å². The van der Waals surface area contributed by atoms with Crippen LogP contribution < -0.4 is 10.1 Å². The Kier molecular flexibility index (Phi) is 5.60. The Balaban J connectivity index is 1.66. The molecule has 1 aromatic heterocycles. The lowest BCUT2D eigenvalue weighted by molar-refractivity contribution is -0.127. The van der Waals surface area contributed by atoms with E-state index in [0.29, 0.717) is 12.3 Å². The highest BCUT2D eigenvalue weighted by molar-refractivity contribution is 5.80. The van der Waals surface area contributed by atoms with Crippen LogP contribution in [-0.4, -0.2) is 21.8 Å². The average Bonchev–Trinajstić information content (AvgIpc) is 2.94. The minimum atomic E-state index is -0.573. The fourth-order valence-electron chi connectivity index (χ4n) is 3.02. The van der Waals surface area contributed by atoms with Crippen molar-refractivity contribution >= 4 is 5.91 Å². The van der Waals surface area contributed by atoms with E-state index in [9.17, 15) is 4.79 Å². The monoisotopic (exact) mass is 363 g/mol.